The van der Waals surface area contributed by atoms with Crippen molar-refractivity contribution < 1.29 is 32.2 Å². The van der Waals surface area contributed by atoms with Gasteiger partial charge >= 0.3 is 12.3 Å². The Morgan fingerprint density at radius 2 is 1.58 bits per heavy atom. The van der Waals surface area contributed by atoms with Gasteiger partial charge in [0.25, 0.3) is 0 Å². The second kappa shape index (κ2) is 12.0. The van der Waals surface area contributed by atoms with Gasteiger partial charge < -0.3 is 24.0 Å². The Labute approximate surface area is 247 Å². The lowest BCUT2D eigenvalue weighted by atomic mass is 9.93. The van der Waals surface area contributed by atoms with Gasteiger partial charge in [-0.15, -0.1) is 0 Å². The molecule has 43 heavy (non-hydrogen) atoms. The Morgan fingerprint density at radius 3 is 2.23 bits per heavy atom. The lowest BCUT2D eigenvalue weighted by molar-refractivity contribution is -0.141. The average Bonchev–Trinajstić information content (AvgIpc) is 3.44. The van der Waals surface area contributed by atoms with Gasteiger partial charge in [-0.05, 0) is 23.3 Å². The molecule has 0 bridgehead atoms. The third kappa shape index (κ3) is 6.95. The Kier molecular flexibility index (Phi) is 8.38. The molecule has 1 amide bonds. The van der Waals surface area contributed by atoms with Gasteiger partial charge in [-0.2, -0.15) is 22.8 Å². The Bertz CT molecular complexity index is 1580. The zero-order valence-electron chi connectivity index (χ0n) is 24.5. The summed E-state index contributed by atoms with van der Waals surface area (Å²) in [5.74, 6) is 1.37. The van der Waals surface area contributed by atoms with Gasteiger partial charge in [-0.1, -0.05) is 57.2 Å². The van der Waals surface area contributed by atoms with Crippen LogP contribution in [-0.2, 0) is 29.5 Å². The van der Waals surface area contributed by atoms with Crippen molar-refractivity contribution in [3.63, 3.8) is 0 Å². The molecule has 9 nitrogen and oxygen atoms in total. The monoisotopic (exact) mass is 597 g/mol. The molecule has 12 heteroatoms. The number of benzene rings is 2. The molecule has 1 fully saturated rings. The zero-order valence-corrected chi connectivity index (χ0v) is 24.5. The summed E-state index contributed by atoms with van der Waals surface area (Å²) in [4.78, 5) is 20.0. The molecule has 228 valence electrons. The van der Waals surface area contributed by atoms with Crippen molar-refractivity contribution in [2.75, 3.05) is 38.2 Å². The number of anilines is 1. The number of carbonyl (C=O) groups excluding carboxylic acids is 1. The third-order valence-corrected chi connectivity index (χ3v) is 7.16. The molecular formula is C31H34F3N5O4. The number of methoxy groups -OCH3 is 1. The summed E-state index contributed by atoms with van der Waals surface area (Å²) in [6.45, 7) is 7.37. The number of carbonyl (C=O) groups is 1. The van der Waals surface area contributed by atoms with Gasteiger partial charge in [0, 0.05) is 43.7 Å². The molecule has 3 heterocycles. The molecule has 5 rings (SSSR count). The fourth-order valence-corrected chi connectivity index (χ4v) is 4.71. The standard InChI is InChI=1S/C31H34F3N5O4/c1-30(2,3)25-17-27-35-26(31(32,33)34)18-28(39(27)36-25)37-12-14-38(15-13-37)29(40)43-20-22-10-11-23(24(16-22)41-4)42-19-21-8-6-5-7-9-21/h5-11,16-18H,12-15,19-20H2,1-4H3. The van der Waals surface area contributed by atoms with Crippen molar-refractivity contribution in [1.29, 1.82) is 0 Å². The van der Waals surface area contributed by atoms with E-state index in [2.05, 4.69) is 10.1 Å². The molecule has 1 saturated heterocycles. The molecule has 1 aliphatic rings. The first kappa shape index (κ1) is 30.0. The van der Waals surface area contributed by atoms with Gasteiger partial charge in [0.05, 0.1) is 12.8 Å². The zero-order chi connectivity index (χ0) is 30.8. The molecule has 0 radical (unpaired) electrons. The summed E-state index contributed by atoms with van der Waals surface area (Å²) in [7, 11) is 1.54. The van der Waals surface area contributed by atoms with Crippen LogP contribution in [0.5, 0.6) is 11.5 Å². The van der Waals surface area contributed by atoms with Crippen molar-refractivity contribution in [1.82, 2.24) is 19.5 Å². The summed E-state index contributed by atoms with van der Waals surface area (Å²) < 4.78 is 59.4. The Hall–Kier alpha value is -4.48. The molecule has 0 unspecified atom stereocenters. The summed E-state index contributed by atoms with van der Waals surface area (Å²) in [6.07, 6.45) is -5.11. The number of fused-ring (bicyclic) bond motifs is 1. The highest BCUT2D eigenvalue weighted by atomic mass is 19.4. The molecule has 0 aliphatic carbocycles. The molecular weight excluding hydrogens is 563 g/mol. The third-order valence-electron chi connectivity index (χ3n) is 7.16. The molecule has 0 atom stereocenters. The molecule has 2 aromatic heterocycles. The van der Waals surface area contributed by atoms with E-state index in [1.165, 1.54) is 9.42 Å². The van der Waals surface area contributed by atoms with Crippen molar-refractivity contribution in [2.24, 2.45) is 0 Å². The van der Waals surface area contributed by atoms with E-state index in [1.54, 1.807) is 36.3 Å². The van der Waals surface area contributed by atoms with E-state index in [-0.39, 0.29) is 36.6 Å². The molecule has 0 spiro atoms. The molecule has 0 saturated carbocycles. The van der Waals surface area contributed by atoms with Gasteiger partial charge in [-0.3, -0.25) is 0 Å². The Morgan fingerprint density at radius 1 is 0.860 bits per heavy atom. The van der Waals surface area contributed by atoms with Crippen molar-refractivity contribution in [3.8, 4) is 11.5 Å². The fraction of sp³-hybridized carbons (Fsp3) is 0.387. The summed E-state index contributed by atoms with van der Waals surface area (Å²) in [6, 6.07) is 17.7. The second-order valence-electron chi connectivity index (χ2n) is 11.3. The van der Waals surface area contributed by atoms with Crippen LogP contribution in [0, 0.1) is 0 Å². The van der Waals surface area contributed by atoms with E-state index in [4.69, 9.17) is 14.2 Å². The second-order valence-corrected chi connectivity index (χ2v) is 11.3. The number of hydrogen-bond acceptors (Lipinski definition) is 7. The number of hydrogen-bond donors (Lipinski definition) is 0. The lowest BCUT2D eigenvalue weighted by Gasteiger charge is -2.35. The van der Waals surface area contributed by atoms with Gasteiger partial charge in [0.2, 0.25) is 0 Å². The number of aromatic nitrogens is 3. The highest BCUT2D eigenvalue weighted by Crippen LogP contribution is 2.33. The minimum atomic E-state index is -4.61. The van der Waals surface area contributed by atoms with Crippen LogP contribution in [0.4, 0.5) is 23.8 Å². The minimum absolute atomic E-state index is 0.0250. The summed E-state index contributed by atoms with van der Waals surface area (Å²) in [5.41, 5.74) is 1.16. The van der Waals surface area contributed by atoms with Crippen LogP contribution in [0.1, 0.15) is 43.3 Å². The highest BCUT2D eigenvalue weighted by molar-refractivity contribution is 5.68. The number of nitrogens with zero attached hydrogens (tertiary/aromatic N) is 5. The number of amides is 1. The normalized spacial score (nSPS) is 14.2. The number of rotatable bonds is 7. The highest BCUT2D eigenvalue weighted by Gasteiger charge is 2.35. The van der Waals surface area contributed by atoms with Gasteiger partial charge in [0.15, 0.2) is 22.8 Å². The number of halogens is 3. The van der Waals surface area contributed by atoms with Crippen LogP contribution < -0.4 is 14.4 Å². The van der Waals surface area contributed by atoms with Crippen molar-refractivity contribution >= 4 is 17.6 Å². The fourth-order valence-electron chi connectivity index (χ4n) is 4.71. The quantitative estimate of drug-likeness (QED) is 0.255. The number of alkyl halides is 3. The van der Waals surface area contributed by atoms with E-state index < -0.39 is 18.0 Å². The predicted molar refractivity (Wildman–Crippen MR) is 154 cm³/mol. The smallest absolute Gasteiger partial charge is 0.433 e. The van der Waals surface area contributed by atoms with Crippen LogP contribution >= 0.6 is 0 Å². The predicted octanol–water partition coefficient (Wildman–Crippen LogP) is 6.09. The van der Waals surface area contributed by atoms with Crippen LogP contribution in [-0.4, -0.2) is 58.9 Å². The van der Waals surface area contributed by atoms with Crippen LogP contribution in [0.3, 0.4) is 0 Å². The minimum Gasteiger partial charge on any atom is -0.493 e. The SMILES string of the molecule is COc1cc(COC(=O)N2CCN(c3cc(C(F)(F)F)nc4cc(C(C)(C)C)nn34)CC2)ccc1OCc1ccccc1. The molecule has 2 aromatic carbocycles. The van der Waals surface area contributed by atoms with E-state index in [0.717, 1.165) is 17.2 Å². The van der Waals surface area contributed by atoms with Crippen LogP contribution in [0.15, 0.2) is 60.7 Å². The lowest BCUT2D eigenvalue weighted by Crippen LogP contribution is -2.49. The number of piperazine rings is 1. The molecule has 0 N–H and O–H groups in total. The number of ether oxygens (including phenoxy) is 3. The Balaban J connectivity index is 1.21. The average molecular weight is 598 g/mol. The van der Waals surface area contributed by atoms with Crippen molar-refractivity contribution in [2.45, 2.75) is 45.6 Å². The van der Waals surface area contributed by atoms with Gasteiger partial charge in [0.1, 0.15) is 19.0 Å². The molecule has 1 aliphatic heterocycles. The summed E-state index contributed by atoms with van der Waals surface area (Å²) in [5, 5.41) is 4.57. The van der Waals surface area contributed by atoms with Crippen molar-refractivity contribution in [3.05, 3.63) is 83.2 Å². The maximum Gasteiger partial charge on any atom is 0.433 e. The first-order valence-corrected chi connectivity index (χ1v) is 13.9. The van der Waals surface area contributed by atoms with Crippen LogP contribution in [0.2, 0.25) is 0 Å². The molecule has 4 aromatic rings. The van der Waals surface area contributed by atoms with Crippen LogP contribution in [0.25, 0.3) is 5.65 Å². The van der Waals surface area contributed by atoms with Gasteiger partial charge in [-0.25, -0.2) is 9.78 Å². The maximum atomic E-state index is 13.7. The largest absolute Gasteiger partial charge is 0.493 e. The van der Waals surface area contributed by atoms with E-state index in [1.807, 2.05) is 51.1 Å². The van der Waals surface area contributed by atoms with E-state index in [0.29, 0.717) is 36.9 Å². The topological polar surface area (TPSA) is 81.4 Å². The first-order valence-electron chi connectivity index (χ1n) is 13.9. The summed E-state index contributed by atoms with van der Waals surface area (Å²) >= 11 is 0. The van der Waals surface area contributed by atoms with E-state index in [9.17, 15) is 18.0 Å². The van der Waals surface area contributed by atoms with E-state index >= 15 is 0 Å². The first-order chi connectivity index (χ1) is 20.4. The maximum absolute atomic E-state index is 13.7.